The average molecular weight is 523 g/mol. The lowest BCUT2D eigenvalue weighted by Gasteiger charge is -2.28. The molecule has 3 fully saturated rings. The largest absolute Gasteiger partial charge is 0.452 e. The maximum absolute atomic E-state index is 13.5. The summed E-state index contributed by atoms with van der Waals surface area (Å²) < 4.78 is 5.19. The number of nitrogens with one attached hydrogen (secondary N) is 1. The molecule has 7 nitrogen and oxygen atoms in total. The molecule has 39 heavy (non-hydrogen) atoms. The lowest BCUT2D eigenvalue weighted by Crippen LogP contribution is -2.33. The molecule has 3 amide bonds. The number of fused-ring (bicyclic) bond motifs is 5. The summed E-state index contributed by atoms with van der Waals surface area (Å²) in [4.78, 5) is 53.0. The topological polar surface area (TPSA) is 92.8 Å². The first-order chi connectivity index (χ1) is 18.9. The summed E-state index contributed by atoms with van der Waals surface area (Å²) in [7, 11) is 0. The average Bonchev–Trinajstić information content (AvgIpc) is 3.64. The number of benzene rings is 3. The molecule has 0 aromatic heterocycles. The van der Waals surface area contributed by atoms with Crippen LogP contribution in [0.15, 0.2) is 84.9 Å². The molecule has 1 saturated heterocycles. The van der Waals surface area contributed by atoms with E-state index in [2.05, 4.69) is 17.4 Å². The molecule has 0 spiro atoms. The van der Waals surface area contributed by atoms with E-state index >= 15 is 0 Å². The number of carbonyl (C=O) groups is 4. The van der Waals surface area contributed by atoms with Gasteiger partial charge in [0.05, 0.1) is 29.1 Å². The number of carbonyl (C=O) groups excluding carboxylic acids is 4. The summed E-state index contributed by atoms with van der Waals surface area (Å²) in [6, 6.07) is 25.8. The summed E-state index contributed by atoms with van der Waals surface area (Å²) in [5.74, 6) is -1.18. The number of hydrogen-bond donors (Lipinski definition) is 1. The number of ether oxygens (including phenoxy) is 1. The SMILES string of the molecule is C[C@H](NC(=O)COC(=O)c1ccc(N2C(=O)[C@@H]3[C@@H]4C[C@@H]([C@H]3C2=O)[C@H](c2ccccc2)C4)cc1)c1ccccc1. The highest BCUT2D eigenvalue weighted by molar-refractivity contribution is 6.22. The van der Waals surface area contributed by atoms with Crippen LogP contribution < -0.4 is 10.2 Å². The Morgan fingerprint density at radius 3 is 2.21 bits per heavy atom. The van der Waals surface area contributed by atoms with Crippen molar-refractivity contribution in [1.82, 2.24) is 5.32 Å². The normalized spacial score (nSPS) is 25.9. The Bertz CT molecular complexity index is 1410. The van der Waals surface area contributed by atoms with Crippen molar-refractivity contribution in [3.63, 3.8) is 0 Å². The Balaban J connectivity index is 1.08. The van der Waals surface area contributed by atoms with Crippen molar-refractivity contribution in [3.05, 3.63) is 102 Å². The van der Waals surface area contributed by atoms with Crippen LogP contribution in [0.25, 0.3) is 0 Å². The highest BCUT2D eigenvalue weighted by Gasteiger charge is 2.64. The molecule has 2 bridgehead atoms. The summed E-state index contributed by atoms with van der Waals surface area (Å²) in [5, 5.41) is 2.81. The van der Waals surface area contributed by atoms with Crippen molar-refractivity contribution in [3.8, 4) is 0 Å². The summed E-state index contributed by atoms with van der Waals surface area (Å²) >= 11 is 0. The molecular weight excluding hydrogens is 492 g/mol. The van der Waals surface area contributed by atoms with Gasteiger partial charge in [-0.1, -0.05) is 60.7 Å². The number of anilines is 1. The quantitative estimate of drug-likeness (QED) is 0.360. The third-order valence-corrected chi connectivity index (χ3v) is 8.62. The van der Waals surface area contributed by atoms with E-state index in [0.717, 1.165) is 18.4 Å². The van der Waals surface area contributed by atoms with Crippen molar-refractivity contribution in [2.75, 3.05) is 11.5 Å². The van der Waals surface area contributed by atoms with Gasteiger partial charge in [0.15, 0.2) is 6.61 Å². The second-order valence-electron chi connectivity index (χ2n) is 10.8. The minimum Gasteiger partial charge on any atom is -0.452 e. The fraction of sp³-hybridized carbons (Fsp3) is 0.312. The van der Waals surface area contributed by atoms with E-state index in [1.54, 1.807) is 12.1 Å². The summed E-state index contributed by atoms with van der Waals surface area (Å²) in [6.07, 6.45) is 1.86. The van der Waals surface area contributed by atoms with Crippen LogP contribution in [0.4, 0.5) is 5.69 Å². The van der Waals surface area contributed by atoms with Crippen LogP contribution in [0, 0.1) is 23.7 Å². The van der Waals surface area contributed by atoms with E-state index in [1.165, 1.54) is 22.6 Å². The first-order valence-electron chi connectivity index (χ1n) is 13.5. The predicted octanol–water partition coefficient (Wildman–Crippen LogP) is 4.65. The number of nitrogens with zero attached hydrogens (tertiary/aromatic N) is 1. The first kappa shape index (κ1) is 25.0. The van der Waals surface area contributed by atoms with Gasteiger partial charge in [-0.05, 0) is 72.9 Å². The fourth-order valence-corrected chi connectivity index (χ4v) is 6.87. The molecule has 1 N–H and O–H groups in total. The number of esters is 1. The fourth-order valence-electron chi connectivity index (χ4n) is 6.87. The number of hydrogen-bond acceptors (Lipinski definition) is 5. The van der Waals surface area contributed by atoms with Gasteiger partial charge in [-0.25, -0.2) is 4.79 Å². The Morgan fingerprint density at radius 1 is 0.872 bits per heavy atom. The van der Waals surface area contributed by atoms with Crippen LogP contribution in [0.3, 0.4) is 0 Å². The molecule has 6 rings (SSSR count). The zero-order valence-electron chi connectivity index (χ0n) is 21.7. The Morgan fingerprint density at radius 2 is 1.51 bits per heavy atom. The molecule has 7 heteroatoms. The zero-order valence-corrected chi connectivity index (χ0v) is 21.7. The number of amides is 3. The van der Waals surface area contributed by atoms with E-state index in [-0.39, 0.29) is 47.1 Å². The summed E-state index contributed by atoms with van der Waals surface area (Å²) in [6.45, 7) is 1.45. The molecule has 0 unspecified atom stereocenters. The first-order valence-corrected chi connectivity index (χ1v) is 13.5. The van der Waals surface area contributed by atoms with Crippen molar-refractivity contribution in [1.29, 1.82) is 0 Å². The molecule has 3 aliphatic rings. The van der Waals surface area contributed by atoms with E-state index in [4.69, 9.17) is 4.74 Å². The van der Waals surface area contributed by atoms with Crippen LogP contribution >= 0.6 is 0 Å². The Labute approximate surface area is 227 Å². The van der Waals surface area contributed by atoms with Crippen LogP contribution in [-0.2, 0) is 19.1 Å². The lowest BCUT2D eigenvalue weighted by atomic mass is 9.73. The second-order valence-corrected chi connectivity index (χ2v) is 10.8. The van der Waals surface area contributed by atoms with E-state index in [9.17, 15) is 19.2 Å². The maximum atomic E-state index is 13.5. The zero-order chi connectivity index (χ0) is 27.1. The molecule has 2 aliphatic carbocycles. The van der Waals surface area contributed by atoms with Gasteiger partial charge < -0.3 is 10.1 Å². The maximum Gasteiger partial charge on any atom is 0.338 e. The lowest BCUT2D eigenvalue weighted by molar-refractivity contribution is -0.125. The van der Waals surface area contributed by atoms with Gasteiger partial charge in [0.25, 0.3) is 5.91 Å². The van der Waals surface area contributed by atoms with Gasteiger partial charge in [0, 0.05) is 0 Å². The third kappa shape index (κ3) is 4.52. The molecular formula is C32H30N2O5. The molecule has 198 valence electrons. The number of rotatable bonds is 7. The minimum absolute atomic E-state index is 0.136. The standard InChI is InChI=1S/C32H30N2O5/c1-19(20-8-4-2-5-9-20)33-27(35)18-39-32(38)22-12-14-24(15-13-22)34-30(36)28-23-16-25(21-10-6-3-7-11-21)26(17-23)29(28)31(34)37/h2-15,19,23,25-26,28-29H,16-18H2,1H3,(H,33,35)/t19-,23-,25-,26+,28+,29+/m0/s1. The van der Waals surface area contributed by atoms with Crippen molar-refractivity contribution < 1.29 is 23.9 Å². The van der Waals surface area contributed by atoms with Crippen LogP contribution in [0.2, 0.25) is 0 Å². The van der Waals surface area contributed by atoms with Crippen molar-refractivity contribution in [2.45, 2.75) is 31.7 Å². The van der Waals surface area contributed by atoms with Crippen molar-refractivity contribution in [2.24, 2.45) is 23.7 Å². The molecule has 2 saturated carbocycles. The van der Waals surface area contributed by atoms with Gasteiger partial charge in [-0.15, -0.1) is 0 Å². The number of imide groups is 1. The molecule has 1 aliphatic heterocycles. The van der Waals surface area contributed by atoms with Gasteiger partial charge in [-0.2, -0.15) is 0 Å². The van der Waals surface area contributed by atoms with Gasteiger partial charge >= 0.3 is 5.97 Å². The molecule has 0 radical (unpaired) electrons. The minimum atomic E-state index is -0.649. The van der Waals surface area contributed by atoms with Gasteiger partial charge in [0.2, 0.25) is 11.8 Å². The van der Waals surface area contributed by atoms with E-state index in [1.807, 2.05) is 55.5 Å². The molecule has 6 atom stereocenters. The van der Waals surface area contributed by atoms with Crippen LogP contribution in [-0.4, -0.2) is 30.3 Å². The molecule has 3 aromatic rings. The monoisotopic (exact) mass is 522 g/mol. The molecule has 1 heterocycles. The third-order valence-electron chi connectivity index (χ3n) is 8.62. The molecule has 3 aromatic carbocycles. The van der Waals surface area contributed by atoms with E-state index < -0.39 is 18.5 Å². The highest BCUT2D eigenvalue weighted by Crippen LogP contribution is 2.61. The van der Waals surface area contributed by atoms with Gasteiger partial charge in [-0.3, -0.25) is 19.3 Å². The smallest absolute Gasteiger partial charge is 0.338 e. The summed E-state index contributed by atoms with van der Waals surface area (Å²) in [5.41, 5.74) is 2.90. The van der Waals surface area contributed by atoms with Gasteiger partial charge in [0.1, 0.15) is 0 Å². The predicted molar refractivity (Wildman–Crippen MR) is 145 cm³/mol. The second kappa shape index (κ2) is 10.1. The Hall–Kier alpha value is -4.26. The van der Waals surface area contributed by atoms with Crippen molar-refractivity contribution >= 4 is 29.4 Å². The van der Waals surface area contributed by atoms with E-state index in [0.29, 0.717) is 11.6 Å². The Kier molecular flexibility index (Phi) is 6.51. The van der Waals surface area contributed by atoms with Crippen LogP contribution in [0.5, 0.6) is 0 Å². The van der Waals surface area contributed by atoms with Crippen LogP contribution in [0.1, 0.15) is 53.2 Å². The highest BCUT2D eigenvalue weighted by atomic mass is 16.5.